The van der Waals surface area contributed by atoms with Gasteiger partial charge < -0.3 is 4.90 Å². The predicted molar refractivity (Wildman–Crippen MR) is 66.0 cm³/mol. The molecule has 3 heteroatoms. The van der Waals surface area contributed by atoms with Gasteiger partial charge in [0.1, 0.15) is 0 Å². The third kappa shape index (κ3) is 6.41. The molecule has 0 saturated heterocycles. The van der Waals surface area contributed by atoms with E-state index in [1.807, 2.05) is 20.9 Å². The fraction of sp³-hybridized carbons (Fsp3) is 1.00. The standard InChI is InChI=1S/C11H21F2N.C2H6/c1-9(2)4-5-14(3)8-10-6-11(12,13)7-10;1-2/h9-10H,4-8H2,1-3H3;1-2H3. The molecule has 0 aromatic heterocycles. The highest BCUT2D eigenvalue weighted by molar-refractivity contribution is 4.87. The number of alkyl halides is 2. The molecule has 0 spiro atoms. The maximum absolute atomic E-state index is 12.5. The van der Waals surface area contributed by atoms with Crippen molar-refractivity contribution in [3.8, 4) is 0 Å². The van der Waals surface area contributed by atoms with Gasteiger partial charge in [-0.15, -0.1) is 0 Å². The number of nitrogens with zero attached hydrogens (tertiary/aromatic N) is 1. The molecule has 16 heavy (non-hydrogen) atoms. The minimum absolute atomic E-state index is 0.0962. The fourth-order valence-corrected chi connectivity index (χ4v) is 1.92. The molecule has 1 rings (SSSR count). The Bertz CT molecular complexity index is 173. The van der Waals surface area contributed by atoms with Crippen molar-refractivity contribution in [2.24, 2.45) is 11.8 Å². The number of hydrogen-bond acceptors (Lipinski definition) is 1. The van der Waals surface area contributed by atoms with Crippen LogP contribution in [0.3, 0.4) is 0 Å². The molecule has 0 aliphatic heterocycles. The Labute approximate surface area is 99.2 Å². The summed E-state index contributed by atoms with van der Waals surface area (Å²) in [6.45, 7) is 10.2. The van der Waals surface area contributed by atoms with E-state index >= 15 is 0 Å². The van der Waals surface area contributed by atoms with Gasteiger partial charge in [0.05, 0.1) is 0 Å². The molecule has 1 aliphatic carbocycles. The molecular formula is C13H27F2N. The third-order valence-corrected chi connectivity index (χ3v) is 2.83. The van der Waals surface area contributed by atoms with Gasteiger partial charge >= 0.3 is 0 Å². The molecule has 98 valence electrons. The van der Waals surface area contributed by atoms with Crippen LogP contribution in [0.15, 0.2) is 0 Å². The van der Waals surface area contributed by atoms with Gasteiger partial charge in [0.2, 0.25) is 5.92 Å². The Kier molecular flexibility index (Phi) is 7.12. The first-order valence-electron chi connectivity index (χ1n) is 6.45. The van der Waals surface area contributed by atoms with E-state index in [-0.39, 0.29) is 18.8 Å². The van der Waals surface area contributed by atoms with Crippen LogP contribution in [0.2, 0.25) is 0 Å². The minimum atomic E-state index is -2.36. The molecule has 1 aliphatic rings. The molecule has 0 bridgehead atoms. The first kappa shape index (κ1) is 15.8. The second kappa shape index (κ2) is 7.21. The summed E-state index contributed by atoms with van der Waals surface area (Å²) in [5.41, 5.74) is 0. The van der Waals surface area contributed by atoms with Crippen molar-refractivity contribution in [3.63, 3.8) is 0 Å². The zero-order valence-electron chi connectivity index (χ0n) is 11.4. The SMILES string of the molecule is CC.CC(C)CCN(C)CC1CC(F)(F)C1. The lowest BCUT2D eigenvalue weighted by Gasteiger charge is -2.37. The monoisotopic (exact) mass is 235 g/mol. The Morgan fingerprint density at radius 1 is 1.25 bits per heavy atom. The van der Waals surface area contributed by atoms with E-state index in [9.17, 15) is 8.78 Å². The molecule has 0 radical (unpaired) electrons. The van der Waals surface area contributed by atoms with E-state index < -0.39 is 5.92 Å². The van der Waals surface area contributed by atoms with Gasteiger partial charge in [-0.05, 0) is 31.8 Å². The van der Waals surface area contributed by atoms with Gasteiger partial charge in [0.25, 0.3) is 0 Å². The van der Waals surface area contributed by atoms with Gasteiger partial charge in [0.15, 0.2) is 0 Å². The van der Waals surface area contributed by atoms with Crippen molar-refractivity contribution >= 4 is 0 Å². The molecule has 0 unspecified atom stereocenters. The van der Waals surface area contributed by atoms with E-state index in [1.54, 1.807) is 0 Å². The summed E-state index contributed by atoms with van der Waals surface area (Å²) < 4.78 is 25.1. The third-order valence-electron chi connectivity index (χ3n) is 2.83. The van der Waals surface area contributed by atoms with Crippen LogP contribution in [0.1, 0.15) is 47.0 Å². The van der Waals surface area contributed by atoms with Crippen LogP contribution in [0, 0.1) is 11.8 Å². The molecule has 1 nitrogen and oxygen atoms in total. The summed E-state index contributed by atoms with van der Waals surface area (Å²) in [6, 6.07) is 0. The Balaban J connectivity index is 0.00000106. The Morgan fingerprint density at radius 2 is 1.75 bits per heavy atom. The smallest absolute Gasteiger partial charge is 0.248 e. The molecule has 1 saturated carbocycles. The zero-order valence-corrected chi connectivity index (χ0v) is 11.4. The van der Waals surface area contributed by atoms with Gasteiger partial charge in [-0.25, -0.2) is 8.78 Å². The average Bonchev–Trinajstić information content (AvgIpc) is 2.15. The summed E-state index contributed by atoms with van der Waals surface area (Å²) in [6.07, 6.45) is 1.34. The molecular weight excluding hydrogens is 208 g/mol. The lowest BCUT2D eigenvalue weighted by Crippen LogP contribution is -2.41. The maximum atomic E-state index is 12.5. The molecule has 0 atom stereocenters. The molecule has 0 aromatic rings. The quantitative estimate of drug-likeness (QED) is 0.695. The highest BCUT2D eigenvalue weighted by Crippen LogP contribution is 2.42. The largest absolute Gasteiger partial charge is 0.306 e. The molecule has 0 N–H and O–H groups in total. The van der Waals surface area contributed by atoms with E-state index in [2.05, 4.69) is 18.7 Å². The second-order valence-corrected chi connectivity index (χ2v) is 5.07. The van der Waals surface area contributed by atoms with Crippen molar-refractivity contribution in [3.05, 3.63) is 0 Å². The first-order valence-corrected chi connectivity index (χ1v) is 6.45. The van der Waals surface area contributed by atoms with Crippen LogP contribution in [0.4, 0.5) is 8.78 Å². The fourth-order valence-electron chi connectivity index (χ4n) is 1.92. The highest BCUT2D eigenvalue weighted by Gasteiger charge is 2.45. The zero-order chi connectivity index (χ0) is 12.8. The molecule has 0 amide bonds. The van der Waals surface area contributed by atoms with Gasteiger partial charge in [0, 0.05) is 19.4 Å². The van der Waals surface area contributed by atoms with Crippen LogP contribution in [-0.4, -0.2) is 31.0 Å². The topological polar surface area (TPSA) is 3.24 Å². The van der Waals surface area contributed by atoms with Gasteiger partial charge in [-0.1, -0.05) is 27.7 Å². The minimum Gasteiger partial charge on any atom is -0.306 e. The lowest BCUT2D eigenvalue weighted by molar-refractivity contribution is -0.115. The maximum Gasteiger partial charge on any atom is 0.248 e. The lowest BCUT2D eigenvalue weighted by atomic mass is 9.81. The average molecular weight is 235 g/mol. The number of rotatable bonds is 5. The van der Waals surface area contributed by atoms with E-state index in [4.69, 9.17) is 0 Å². The van der Waals surface area contributed by atoms with Crippen molar-refractivity contribution in [2.75, 3.05) is 20.1 Å². The second-order valence-electron chi connectivity index (χ2n) is 5.07. The summed E-state index contributed by atoms with van der Waals surface area (Å²) in [7, 11) is 2.03. The van der Waals surface area contributed by atoms with Crippen LogP contribution in [0.5, 0.6) is 0 Å². The van der Waals surface area contributed by atoms with Crippen LogP contribution in [0.25, 0.3) is 0 Å². The Hall–Kier alpha value is -0.180. The van der Waals surface area contributed by atoms with Crippen molar-refractivity contribution < 1.29 is 8.78 Å². The van der Waals surface area contributed by atoms with Crippen LogP contribution < -0.4 is 0 Å². The number of hydrogen-bond donors (Lipinski definition) is 0. The normalized spacial score (nSPS) is 19.3. The van der Waals surface area contributed by atoms with Crippen molar-refractivity contribution in [1.82, 2.24) is 4.90 Å². The number of halogens is 2. The van der Waals surface area contributed by atoms with Crippen LogP contribution in [-0.2, 0) is 0 Å². The van der Waals surface area contributed by atoms with Gasteiger partial charge in [-0.2, -0.15) is 0 Å². The van der Waals surface area contributed by atoms with E-state index in [0.29, 0.717) is 5.92 Å². The molecule has 0 aromatic carbocycles. The van der Waals surface area contributed by atoms with Gasteiger partial charge in [-0.3, -0.25) is 0 Å². The molecule has 0 heterocycles. The summed E-state index contributed by atoms with van der Waals surface area (Å²) >= 11 is 0. The summed E-state index contributed by atoms with van der Waals surface area (Å²) in [5.74, 6) is -1.44. The van der Waals surface area contributed by atoms with Crippen molar-refractivity contribution in [2.45, 2.75) is 52.9 Å². The van der Waals surface area contributed by atoms with E-state index in [0.717, 1.165) is 19.5 Å². The summed E-state index contributed by atoms with van der Waals surface area (Å²) in [4.78, 5) is 2.18. The van der Waals surface area contributed by atoms with E-state index in [1.165, 1.54) is 0 Å². The molecule has 1 fully saturated rings. The predicted octanol–water partition coefficient (Wildman–Crippen LogP) is 4.04. The van der Waals surface area contributed by atoms with Crippen LogP contribution >= 0.6 is 0 Å². The Morgan fingerprint density at radius 3 is 2.12 bits per heavy atom. The summed E-state index contributed by atoms with van der Waals surface area (Å²) in [5, 5.41) is 0. The van der Waals surface area contributed by atoms with Crippen molar-refractivity contribution in [1.29, 1.82) is 0 Å². The highest BCUT2D eigenvalue weighted by atomic mass is 19.3. The first-order chi connectivity index (χ1) is 7.39.